The molecule has 0 aliphatic heterocycles. The number of methoxy groups -OCH3 is 1. The average molecular weight is 469 g/mol. The Hall–Kier alpha value is -1.76. The van der Waals surface area contributed by atoms with Crippen molar-refractivity contribution in [1.29, 1.82) is 0 Å². The maximum atomic E-state index is 15.2. The minimum atomic E-state index is -4.88. The highest BCUT2D eigenvalue weighted by molar-refractivity contribution is 7.91. The first-order valence-corrected chi connectivity index (χ1v) is 12.6. The number of anilines is 1. The lowest BCUT2D eigenvalue weighted by Crippen LogP contribution is -2.25. The molecule has 1 atom stereocenters. The third-order valence-electron chi connectivity index (χ3n) is 4.71. The van der Waals surface area contributed by atoms with E-state index in [0.29, 0.717) is 6.42 Å². The van der Waals surface area contributed by atoms with E-state index in [4.69, 9.17) is 15.0 Å². The predicted octanol–water partition coefficient (Wildman–Crippen LogP) is 2.08. The maximum Gasteiger partial charge on any atom is 0.244 e. The van der Waals surface area contributed by atoms with Crippen LogP contribution < -0.4 is 15.2 Å². The molecule has 0 aromatic heterocycles. The number of hydrogen-bond acceptors (Lipinski definition) is 7. The molecule has 0 radical (unpaired) electrons. The van der Waals surface area contributed by atoms with Crippen molar-refractivity contribution in [1.82, 2.24) is 0 Å². The van der Waals surface area contributed by atoms with Crippen molar-refractivity contribution in [3.05, 3.63) is 23.8 Å². The van der Waals surface area contributed by atoms with E-state index in [1.54, 1.807) is 6.08 Å². The van der Waals surface area contributed by atoms with E-state index in [1.165, 1.54) is 0 Å². The Morgan fingerprint density at radius 3 is 2.47 bits per heavy atom. The van der Waals surface area contributed by atoms with Crippen LogP contribution in [0, 0.1) is 11.6 Å². The highest BCUT2D eigenvalue weighted by Crippen LogP contribution is 2.41. The number of allylic oxidation sites excluding steroid dienone is 1. The Kier molecular flexibility index (Phi) is 8.20. The second kappa shape index (κ2) is 10.0. The number of nitrogens with two attached hydrogens (primary N) is 1. The highest BCUT2D eigenvalue weighted by Gasteiger charge is 2.36. The van der Waals surface area contributed by atoms with Crippen LogP contribution in [0.2, 0.25) is 0 Å². The average Bonchev–Trinajstić information content (AvgIpc) is 2.62. The molecule has 0 fully saturated rings. The molecule has 0 spiro atoms. The van der Waals surface area contributed by atoms with Crippen LogP contribution in [0.3, 0.4) is 0 Å². The lowest BCUT2D eigenvalue weighted by atomic mass is 10.0. The van der Waals surface area contributed by atoms with Crippen molar-refractivity contribution in [2.75, 3.05) is 24.8 Å². The zero-order valence-electron chi connectivity index (χ0n) is 16.5. The standard InChI is InChI=1S/C18H26F2N2O6S2/c1-28-16-14(20)17(30(21,26)27)13(19)15(18(16)29(24,25)11-7-10-23)22-12-8-5-3-2-4-6-9-12/h5,8,12,22-23H,2-4,6-7,9-11H2,1H3,(H2,21,26,27)/b8-5+/t12-/m0/s1. The fourth-order valence-corrected chi connectivity index (χ4v) is 5.63. The van der Waals surface area contributed by atoms with Gasteiger partial charge in [0.05, 0.1) is 18.6 Å². The van der Waals surface area contributed by atoms with Crippen molar-refractivity contribution in [3.63, 3.8) is 0 Å². The van der Waals surface area contributed by atoms with Crippen LogP contribution in [0.15, 0.2) is 21.9 Å². The van der Waals surface area contributed by atoms with Gasteiger partial charge in [-0.2, -0.15) is 0 Å². The Labute approximate surface area is 175 Å². The summed E-state index contributed by atoms with van der Waals surface area (Å²) in [7, 11) is -8.29. The van der Waals surface area contributed by atoms with Gasteiger partial charge in [0.25, 0.3) is 0 Å². The number of sulfone groups is 1. The van der Waals surface area contributed by atoms with Crippen LogP contribution in [-0.4, -0.2) is 47.5 Å². The number of halogens is 2. The maximum absolute atomic E-state index is 15.2. The summed E-state index contributed by atoms with van der Waals surface area (Å²) in [5, 5.41) is 16.7. The fraction of sp³-hybridized carbons (Fsp3) is 0.556. The molecule has 0 unspecified atom stereocenters. The van der Waals surface area contributed by atoms with E-state index in [2.05, 4.69) is 5.32 Å². The van der Waals surface area contributed by atoms with Gasteiger partial charge in [-0.1, -0.05) is 25.0 Å². The topological polar surface area (TPSA) is 136 Å². The van der Waals surface area contributed by atoms with E-state index in [-0.39, 0.29) is 6.42 Å². The van der Waals surface area contributed by atoms with Crippen LogP contribution >= 0.6 is 0 Å². The lowest BCUT2D eigenvalue weighted by molar-refractivity contribution is 0.295. The normalized spacial score (nSPS) is 19.0. The van der Waals surface area contributed by atoms with Gasteiger partial charge in [0.15, 0.2) is 32.1 Å². The zero-order valence-corrected chi connectivity index (χ0v) is 18.2. The second-order valence-corrected chi connectivity index (χ2v) is 10.5. The Morgan fingerprint density at radius 1 is 1.17 bits per heavy atom. The van der Waals surface area contributed by atoms with Gasteiger partial charge < -0.3 is 15.2 Å². The molecule has 1 aliphatic rings. The van der Waals surface area contributed by atoms with Gasteiger partial charge in [0, 0.05) is 12.6 Å². The van der Waals surface area contributed by atoms with Crippen LogP contribution in [0.4, 0.5) is 14.5 Å². The summed E-state index contributed by atoms with van der Waals surface area (Å²) in [6.45, 7) is -0.462. The Balaban J connectivity index is 2.79. The molecule has 1 aliphatic carbocycles. The van der Waals surface area contributed by atoms with Crippen LogP contribution in [-0.2, 0) is 19.9 Å². The fourth-order valence-electron chi connectivity index (χ4n) is 3.31. The van der Waals surface area contributed by atoms with Gasteiger partial charge in [-0.25, -0.2) is 30.8 Å². The molecule has 30 heavy (non-hydrogen) atoms. The first kappa shape index (κ1) is 24.5. The highest BCUT2D eigenvalue weighted by atomic mass is 32.2. The quantitative estimate of drug-likeness (QED) is 0.497. The van der Waals surface area contributed by atoms with Crippen LogP contribution in [0.25, 0.3) is 0 Å². The molecule has 2 rings (SSSR count). The molecule has 0 saturated heterocycles. The molecular weight excluding hydrogens is 442 g/mol. The number of sulfonamides is 1. The molecule has 8 nitrogen and oxygen atoms in total. The molecule has 0 saturated carbocycles. The summed E-state index contributed by atoms with van der Waals surface area (Å²) in [6, 6.07) is -0.518. The minimum absolute atomic E-state index is 0.186. The molecule has 12 heteroatoms. The van der Waals surface area contributed by atoms with E-state index in [9.17, 15) is 21.2 Å². The van der Waals surface area contributed by atoms with Gasteiger partial charge in [-0.3, -0.25) is 0 Å². The van der Waals surface area contributed by atoms with Gasteiger partial charge >= 0.3 is 0 Å². The summed E-state index contributed by atoms with van der Waals surface area (Å²) in [5.74, 6) is -4.92. The monoisotopic (exact) mass is 468 g/mol. The Bertz CT molecular complexity index is 1010. The first-order valence-electron chi connectivity index (χ1n) is 9.43. The molecule has 0 bridgehead atoms. The third kappa shape index (κ3) is 5.48. The van der Waals surface area contributed by atoms with Crippen LogP contribution in [0.5, 0.6) is 5.75 Å². The van der Waals surface area contributed by atoms with E-state index >= 15 is 4.39 Å². The van der Waals surface area contributed by atoms with Crippen molar-refractivity contribution < 1.29 is 35.5 Å². The molecule has 1 aromatic carbocycles. The molecule has 4 N–H and O–H groups in total. The van der Waals surface area contributed by atoms with E-state index in [0.717, 1.165) is 32.8 Å². The second-order valence-electron chi connectivity index (χ2n) is 6.95. The number of benzene rings is 1. The summed E-state index contributed by atoms with van der Waals surface area (Å²) in [6.07, 6.45) is 7.39. The summed E-state index contributed by atoms with van der Waals surface area (Å²) >= 11 is 0. The predicted molar refractivity (Wildman–Crippen MR) is 108 cm³/mol. The third-order valence-corrected chi connectivity index (χ3v) is 7.47. The molecule has 0 amide bonds. The lowest BCUT2D eigenvalue weighted by Gasteiger charge is -2.23. The smallest absolute Gasteiger partial charge is 0.244 e. The van der Waals surface area contributed by atoms with Crippen molar-refractivity contribution >= 4 is 25.5 Å². The number of rotatable bonds is 8. The number of aliphatic hydroxyl groups is 1. The van der Waals surface area contributed by atoms with Gasteiger partial charge in [-0.15, -0.1) is 0 Å². The molecular formula is C18H26F2N2O6S2. The number of primary sulfonamides is 1. The minimum Gasteiger partial charge on any atom is -0.492 e. The summed E-state index contributed by atoms with van der Waals surface area (Å²) < 4.78 is 84.3. The number of nitrogens with one attached hydrogen (secondary N) is 1. The summed E-state index contributed by atoms with van der Waals surface area (Å²) in [4.78, 5) is -2.31. The largest absolute Gasteiger partial charge is 0.492 e. The Morgan fingerprint density at radius 2 is 1.87 bits per heavy atom. The molecule has 1 aromatic rings. The van der Waals surface area contributed by atoms with Crippen molar-refractivity contribution in [3.8, 4) is 5.75 Å². The van der Waals surface area contributed by atoms with E-state index in [1.807, 2.05) is 6.08 Å². The number of hydrogen-bond donors (Lipinski definition) is 3. The van der Waals surface area contributed by atoms with E-state index < -0.39 is 71.1 Å². The van der Waals surface area contributed by atoms with Crippen LogP contribution in [0.1, 0.15) is 38.5 Å². The van der Waals surface area contributed by atoms with Gasteiger partial charge in [0.2, 0.25) is 10.0 Å². The van der Waals surface area contributed by atoms with Gasteiger partial charge in [-0.05, 0) is 25.7 Å². The molecule has 170 valence electrons. The first-order chi connectivity index (χ1) is 14.0. The summed E-state index contributed by atoms with van der Waals surface area (Å²) in [5.41, 5.74) is -0.717. The number of aliphatic hydroxyl groups excluding tert-OH is 1. The number of ether oxygens (including phenoxy) is 1. The van der Waals surface area contributed by atoms with Crippen molar-refractivity contribution in [2.24, 2.45) is 5.14 Å². The zero-order chi connectivity index (χ0) is 22.5. The van der Waals surface area contributed by atoms with Crippen molar-refractivity contribution in [2.45, 2.75) is 54.4 Å². The molecule has 0 heterocycles. The van der Waals surface area contributed by atoms with Gasteiger partial charge in [0.1, 0.15) is 4.90 Å². The SMILES string of the molecule is COc1c(F)c(S(N)(=O)=O)c(F)c(N[C@H]2/C=C/CCCCC2)c1S(=O)(=O)CCCO.